The Balaban J connectivity index is 2.01. The number of carboxylic acid groups (broad SMARTS) is 1. The Morgan fingerprint density at radius 3 is 3.00 bits per heavy atom. The normalized spacial score (nSPS) is 19.5. The van der Waals surface area contributed by atoms with Gasteiger partial charge in [-0.05, 0) is 12.5 Å². The highest BCUT2D eigenvalue weighted by Gasteiger charge is 2.31. The molecule has 1 aromatic rings. The Labute approximate surface area is 103 Å². The summed E-state index contributed by atoms with van der Waals surface area (Å²) >= 11 is 0. The van der Waals surface area contributed by atoms with Crippen molar-refractivity contribution in [3.8, 4) is 0 Å². The predicted octanol–water partition coefficient (Wildman–Crippen LogP) is -0.866. The maximum atomic E-state index is 11.7. The molecule has 1 aliphatic rings. The van der Waals surface area contributed by atoms with Gasteiger partial charge in [0.2, 0.25) is 5.91 Å². The molecule has 8 nitrogen and oxygen atoms in total. The van der Waals surface area contributed by atoms with E-state index in [1.165, 1.54) is 4.90 Å². The number of hydrogen-bond donors (Lipinski definition) is 3. The predicted molar refractivity (Wildman–Crippen MR) is 61.9 cm³/mol. The number of carbonyl (C=O) groups is 2. The van der Waals surface area contributed by atoms with Crippen molar-refractivity contribution < 1.29 is 14.7 Å². The van der Waals surface area contributed by atoms with E-state index in [4.69, 9.17) is 10.8 Å². The van der Waals surface area contributed by atoms with Crippen LogP contribution in [0.2, 0.25) is 0 Å². The van der Waals surface area contributed by atoms with E-state index in [-0.39, 0.29) is 24.7 Å². The van der Waals surface area contributed by atoms with Crippen molar-refractivity contribution in [3.63, 3.8) is 0 Å². The number of aryl methyl sites for hydroxylation is 1. The molecule has 0 aliphatic carbocycles. The summed E-state index contributed by atoms with van der Waals surface area (Å²) in [6, 6.07) is 0. The first kappa shape index (κ1) is 12.5. The number of hydrogen-bond acceptors (Lipinski definition) is 5. The highest BCUT2D eigenvalue weighted by Crippen LogP contribution is 2.21. The molecule has 0 aromatic carbocycles. The minimum atomic E-state index is -0.895. The van der Waals surface area contributed by atoms with Gasteiger partial charge in [0.25, 0.3) is 5.95 Å². The molecule has 98 valence electrons. The van der Waals surface area contributed by atoms with Gasteiger partial charge in [-0.15, -0.1) is 5.10 Å². The van der Waals surface area contributed by atoms with Crippen molar-refractivity contribution in [2.24, 2.45) is 11.7 Å². The molecule has 1 atom stereocenters. The number of nitrogens with zero attached hydrogens (tertiary/aromatic N) is 3. The lowest BCUT2D eigenvalue weighted by molar-refractivity contribution is -0.137. The second-order valence-electron chi connectivity index (χ2n) is 4.29. The van der Waals surface area contributed by atoms with Gasteiger partial charge in [0.15, 0.2) is 0 Å². The zero-order chi connectivity index (χ0) is 13.1. The number of aromatic amines is 1. The number of rotatable bonds is 5. The monoisotopic (exact) mass is 253 g/mol. The number of nitrogens with two attached hydrogens (primary N) is 1. The van der Waals surface area contributed by atoms with Gasteiger partial charge < -0.3 is 10.8 Å². The second kappa shape index (κ2) is 5.13. The van der Waals surface area contributed by atoms with Crippen molar-refractivity contribution in [2.45, 2.75) is 19.3 Å². The fourth-order valence-corrected chi connectivity index (χ4v) is 1.88. The third kappa shape index (κ3) is 2.65. The summed E-state index contributed by atoms with van der Waals surface area (Å²) in [5.74, 6) is -0.0335. The molecule has 18 heavy (non-hydrogen) atoms. The van der Waals surface area contributed by atoms with Crippen LogP contribution in [0.1, 0.15) is 18.7 Å². The van der Waals surface area contributed by atoms with E-state index in [9.17, 15) is 9.59 Å². The summed E-state index contributed by atoms with van der Waals surface area (Å²) in [4.78, 5) is 27.7. The van der Waals surface area contributed by atoms with Crippen LogP contribution in [0.4, 0.5) is 5.95 Å². The van der Waals surface area contributed by atoms with Crippen molar-refractivity contribution >= 4 is 17.8 Å². The van der Waals surface area contributed by atoms with E-state index >= 15 is 0 Å². The van der Waals surface area contributed by atoms with E-state index in [0.717, 1.165) is 0 Å². The third-order valence-corrected chi connectivity index (χ3v) is 2.88. The molecular formula is C10H15N5O3. The van der Waals surface area contributed by atoms with Crippen LogP contribution < -0.4 is 10.6 Å². The largest absolute Gasteiger partial charge is 0.481 e. The summed E-state index contributed by atoms with van der Waals surface area (Å²) in [6.45, 7) is 0.976. The molecule has 0 radical (unpaired) electrons. The van der Waals surface area contributed by atoms with Crippen LogP contribution in [-0.4, -0.2) is 45.3 Å². The van der Waals surface area contributed by atoms with Gasteiger partial charge in [-0.1, -0.05) is 0 Å². The molecule has 0 spiro atoms. The topological polar surface area (TPSA) is 125 Å². The van der Waals surface area contributed by atoms with Crippen LogP contribution >= 0.6 is 0 Å². The molecule has 4 N–H and O–H groups in total. The highest BCUT2D eigenvalue weighted by atomic mass is 16.4. The maximum absolute atomic E-state index is 11.7. The van der Waals surface area contributed by atoms with Crippen LogP contribution in [0.25, 0.3) is 0 Å². The number of carbonyl (C=O) groups excluding carboxylic acids is 1. The Bertz CT molecular complexity index is 458. The molecule has 1 aromatic heterocycles. The molecular weight excluding hydrogens is 238 g/mol. The van der Waals surface area contributed by atoms with E-state index in [1.807, 2.05) is 0 Å². The van der Waals surface area contributed by atoms with Crippen LogP contribution in [0.3, 0.4) is 0 Å². The fourth-order valence-electron chi connectivity index (χ4n) is 1.88. The van der Waals surface area contributed by atoms with Crippen LogP contribution in [0.15, 0.2) is 0 Å². The van der Waals surface area contributed by atoms with E-state index in [2.05, 4.69) is 15.2 Å². The number of H-pyrrole nitrogens is 1. The number of anilines is 1. The average molecular weight is 253 g/mol. The van der Waals surface area contributed by atoms with E-state index in [1.54, 1.807) is 0 Å². The van der Waals surface area contributed by atoms with Gasteiger partial charge in [0.1, 0.15) is 5.82 Å². The summed E-state index contributed by atoms with van der Waals surface area (Å²) in [5, 5.41) is 15.1. The molecule has 1 saturated heterocycles. The first-order valence-electron chi connectivity index (χ1n) is 5.73. The number of amides is 1. The average Bonchev–Trinajstić information content (AvgIpc) is 2.92. The molecule has 2 rings (SSSR count). The van der Waals surface area contributed by atoms with Crippen molar-refractivity contribution in [2.75, 3.05) is 18.0 Å². The summed E-state index contributed by atoms with van der Waals surface area (Å²) in [7, 11) is 0. The lowest BCUT2D eigenvalue weighted by Gasteiger charge is -2.10. The molecule has 1 aliphatic heterocycles. The molecule has 1 amide bonds. The highest BCUT2D eigenvalue weighted by molar-refractivity contribution is 5.94. The molecule has 1 unspecified atom stereocenters. The lowest BCUT2D eigenvalue weighted by atomic mass is 10.1. The standard InChI is InChI=1S/C10H15N5O3/c11-4-6-3-8(16)15(5-6)10-12-7(13-14-10)1-2-9(17)18/h6H,1-5,11H2,(H,17,18)(H,12,13,14). The molecule has 0 bridgehead atoms. The summed E-state index contributed by atoms with van der Waals surface area (Å²) in [5.41, 5.74) is 5.53. The zero-order valence-corrected chi connectivity index (χ0v) is 9.80. The Hall–Kier alpha value is -1.96. The molecule has 8 heteroatoms. The third-order valence-electron chi connectivity index (χ3n) is 2.88. The van der Waals surface area contributed by atoms with Gasteiger partial charge in [-0.3, -0.25) is 19.6 Å². The number of aliphatic carboxylic acids is 1. The number of aromatic nitrogens is 3. The maximum Gasteiger partial charge on any atom is 0.303 e. The van der Waals surface area contributed by atoms with Gasteiger partial charge >= 0.3 is 5.97 Å². The van der Waals surface area contributed by atoms with Gasteiger partial charge in [-0.2, -0.15) is 4.98 Å². The number of nitrogens with one attached hydrogen (secondary N) is 1. The van der Waals surface area contributed by atoms with Crippen LogP contribution in [0.5, 0.6) is 0 Å². The van der Waals surface area contributed by atoms with E-state index in [0.29, 0.717) is 31.3 Å². The first-order valence-corrected chi connectivity index (χ1v) is 5.73. The summed E-state index contributed by atoms with van der Waals surface area (Å²) < 4.78 is 0. The van der Waals surface area contributed by atoms with Crippen molar-refractivity contribution in [3.05, 3.63) is 5.82 Å². The molecule has 0 saturated carbocycles. The van der Waals surface area contributed by atoms with Gasteiger partial charge in [-0.25, -0.2) is 0 Å². The summed E-state index contributed by atoms with van der Waals surface area (Å²) in [6.07, 6.45) is 0.661. The molecule has 1 fully saturated rings. The van der Waals surface area contributed by atoms with Gasteiger partial charge in [0.05, 0.1) is 6.42 Å². The Kier molecular flexibility index (Phi) is 3.56. The zero-order valence-electron chi connectivity index (χ0n) is 9.80. The minimum absolute atomic E-state index is 0.0198. The lowest BCUT2D eigenvalue weighted by Crippen LogP contribution is -2.26. The van der Waals surface area contributed by atoms with Crippen molar-refractivity contribution in [1.82, 2.24) is 15.2 Å². The smallest absolute Gasteiger partial charge is 0.303 e. The van der Waals surface area contributed by atoms with Crippen molar-refractivity contribution in [1.29, 1.82) is 0 Å². The van der Waals surface area contributed by atoms with Crippen LogP contribution in [-0.2, 0) is 16.0 Å². The van der Waals surface area contributed by atoms with Crippen LogP contribution in [0, 0.1) is 5.92 Å². The minimum Gasteiger partial charge on any atom is -0.481 e. The fraction of sp³-hybridized carbons (Fsp3) is 0.600. The van der Waals surface area contributed by atoms with E-state index < -0.39 is 5.97 Å². The number of carboxylic acids is 1. The second-order valence-corrected chi connectivity index (χ2v) is 4.29. The Morgan fingerprint density at radius 2 is 2.39 bits per heavy atom. The SMILES string of the molecule is NCC1CC(=O)N(c2n[nH]c(CCC(=O)O)n2)C1. The quantitative estimate of drug-likeness (QED) is 0.626. The van der Waals surface area contributed by atoms with Gasteiger partial charge in [0, 0.05) is 19.4 Å². The molecule has 2 heterocycles. The Morgan fingerprint density at radius 1 is 1.61 bits per heavy atom. The first-order chi connectivity index (χ1) is 8.60.